The summed E-state index contributed by atoms with van der Waals surface area (Å²) in [6, 6.07) is 13.0. The van der Waals surface area contributed by atoms with E-state index in [4.69, 9.17) is 14.6 Å². The first-order valence-corrected chi connectivity index (χ1v) is 9.57. The Balaban J connectivity index is 1.76. The molecule has 5 nitrogen and oxygen atoms in total. The standard InChI is InChI=1S/C18H18BrNO4S/c1-23-15-7-6-11(17-20-14(10-25-17)18(21)22)8-12(15)9-24-16-5-3-2-4-13(16)19/h2-8,14,17,20H,9-10H2,1H3,(H,21,22). The number of hydrogen-bond acceptors (Lipinski definition) is 5. The van der Waals surface area contributed by atoms with Gasteiger partial charge in [0.15, 0.2) is 0 Å². The maximum Gasteiger partial charge on any atom is 0.321 e. The molecule has 0 amide bonds. The normalized spacial score (nSPS) is 19.6. The topological polar surface area (TPSA) is 67.8 Å². The van der Waals surface area contributed by atoms with E-state index in [0.29, 0.717) is 12.4 Å². The molecule has 1 aliphatic heterocycles. The van der Waals surface area contributed by atoms with E-state index in [0.717, 1.165) is 27.1 Å². The van der Waals surface area contributed by atoms with Crippen LogP contribution in [0.25, 0.3) is 0 Å². The Labute approximate surface area is 158 Å². The minimum Gasteiger partial charge on any atom is -0.496 e. The van der Waals surface area contributed by atoms with E-state index in [9.17, 15) is 4.79 Å². The molecule has 2 unspecified atom stereocenters. The first-order valence-electron chi connectivity index (χ1n) is 7.73. The first kappa shape index (κ1) is 18.1. The molecule has 1 aliphatic rings. The number of carbonyl (C=O) groups is 1. The highest BCUT2D eigenvalue weighted by Crippen LogP contribution is 2.35. The van der Waals surface area contributed by atoms with Crippen molar-refractivity contribution in [2.75, 3.05) is 12.9 Å². The molecule has 7 heteroatoms. The van der Waals surface area contributed by atoms with Crippen molar-refractivity contribution in [3.05, 3.63) is 58.1 Å². The molecule has 2 atom stereocenters. The minimum absolute atomic E-state index is 0.0470. The van der Waals surface area contributed by atoms with Gasteiger partial charge in [0.05, 0.1) is 17.0 Å². The third-order valence-electron chi connectivity index (χ3n) is 3.91. The van der Waals surface area contributed by atoms with E-state index in [1.54, 1.807) is 18.9 Å². The van der Waals surface area contributed by atoms with Gasteiger partial charge in [0.1, 0.15) is 24.1 Å². The summed E-state index contributed by atoms with van der Waals surface area (Å²) in [4.78, 5) is 11.1. The predicted octanol–water partition coefficient (Wildman–Crippen LogP) is 3.82. The average molecular weight is 424 g/mol. The van der Waals surface area contributed by atoms with Crippen molar-refractivity contribution >= 4 is 33.7 Å². The van der Waals surface area contributed by atoms with Crippen molar-refractivity contribution in [3.63, 3.8) is 0 Å². The summed E-state index contributed by atoms with van der Waals surface area (Å²) >= 11 is 5.06. The number of thioether (sulfide) groups is 1. The zero-order valence-corrected chi connectivity index (χ0v) is 16.0. The number of rotatable bonds is 6. The molecule has 25 heavy (non-hydrogen) atoms. The Hall–Kier alpha value is -1.70. The second-order valence-electron chi connectivity index (χ2n) is 5.56. The minimum atomic E-state index is -0.819. The van der Waals surface area contributed by atoms with Crippen LogP contribution in [0.3, 0.4) is 0 Å². The van der Waals surface area contributed by atoms with Crippen molar-refractivity contribution in [1.82, 2.24) is 5.32 Å². The van der Waals surface area contributed by atoms with Gasteiger partial charge >= 0.3 is 5.97 Å². The number of halogens is 1. The monoisotopic (exact) mass is 423 g/mol. The van der Waals surface area contributed by atoms with Crippen LogP contribution in [-0.2, 0) is 11.4 Å². The molecule has 132 valence electrons. The fourth-order valence-electron chi connectivity index (χ4n) is 2.60. The van der Waals surface area contributed by atoms with Crippen LogP contribution in [0.15, 0.2) is 46.9 Å². The molecule has 1 heterocycles. The highest BCUT2D eigenvalue weighted by atomic mass is 79.9. The van der Waals surface area contributed by atoms with Gasteiger partial charge < -0.3 is 14.6 Å². The summed E-state index contributed by atoms with van der Waals surface area (Å²) < 4.78 is 12.2. The summed E-state index contributed by atoms with van der Waals surface area (Å²) in [5.41, 5.74) is 1.93. The van der Waals surface area contributed by atoms with E-state index in [-0.39, 0.29) is 5.37 Å². The number of carboxylic acids is 1. The second-order valence-corrected chi connectivity index (χ2v) is 7.55. The van der Waals surface area contributed by atoms with Gasteiger partial charge in [0, 0.05) is 11.3 Å². The van der Waals surface area contributed by atoms with Gasteiger partial charge in [-0.1, -0.05) is 18.2 Å². The Morgan fingerprint density at radius 1 is 1.32 bits per heavy atom. The Kier molecular flexibility index (Phi) is 5.88. The molecular formula is C18H18BrNO4S. The molecule has 0 aliphatic carbocycles. The van der Waals surface area contributed by atoms with Crippen LogP contribution in [0.4, 0.5) is 0 Å². The molecule has 0 aromatic heterocycles. The molecule has 0 radical (unpaired) electrons. The lowest BCUT2D eigenvalue weighted by molar-refractivity contribution is -0.138. The summed E-state index contributed by atoms with van der Waals surface area (Å²) in [5.74, 6) is 1.23. The summed E-state index contributed by atoms with van der Waals surface area (Å²) in [5, 5.41) is 12.2. The maximum atomic E-state index is 11.1. The van der Waals surface area contributed by atoms with Crippen LogP contribution in [0.1, 0.15) is 16.5 Å². The van der Waals surface area contributed by atoms with E-state index in [2.05, 4.69) is 21.2 Å². The maximum absolute atomic E-state index is 11.1. The SMILES string of the molecule is COc1ccc(C2NC(C(=O)O)CS2)cc1COc1ccccc1Br. The highest BCUT2D eigenvalue weighted by Gasteiger charge is 2.30. The molecule has 1 saturated heterocycles. The fourth-order valence-corrected chi connectivity index (χ4v) is 4.22. The first-order chi connectivity index (χ1) is 12.1. The lowest BCUT2D eigenvalue weighted by Gasteiger charge is -2.16. The smallest absolute Gasteiger partial charge is 0.321 e. The van der Waals surface area contributed by atoms with E-state index >= 15 is 0 Å². The zero-order chi connectivity index (χ0) is 17.8. The molecule has 3 rings (SSSR count). The molecule has 0 spiro atoms. The molecule has 2 N–H and O–H groups in total. The van der Waals surface area contributed by atoms with Crippen LogP contribution < -0.4 is 14.8 Å². The zero-order valence-electron chi connectivity index (χ0n) is 13.6. The van der Waals surface area contributed by atoms with E-state index < -0.39 is 12.0 Å². The third-order valence-corrected chi connectivity index (χ3v) is 5.83. The fraction of sp³-hybridized carbons (Fsp3) is 0.278. The predicted molar refractivity (Wildman–Crippen MR) is 101 cm³/mol. The van der Waals surface area contributed by atoms with Crippen molar-refractivity contribution in [2.45, 2.75) is 18.0 Å². The number of nitrogens with one attached hydrogen (secondary N) is 1. The lowest BCUT2D eigenvalue weighted by Crippen LogP contribution is -2.33. The number of aliphatic carboxylic acids is 1. The lowest BCUT2D eigenvalue weighted by atomic mass is 10.1. The molecular weight excluding hydrogens is 406 g/mol. The average Bonchev–Trinajstić information content (AvgIpc) is 3.11. The third kappa shape index (κ3) is 4.29. The van der Waals surface area contributed by atoms with Crippen molar-refractivity contribution in [3.8, 4) is 11.5 Å². The molecule has 2 aromatic carbocycles. The van der Waals surface area contributed by atoms with Gasteiger partial charge in [-0.15, -0.1) is 11.8 Å². The van der Waals surface area contributed by atoms with Crippen LogP contribution in [0.2, 0.25) is 0 Å². The van der Waals surface area contributed by atoms with Gasteiger partial charge in [-0.3, -0.25) is 10.1 Å². The van der Waals surface area contributed by atoms with Crippen molar-refractivity contribution in [2.24, 2.45) is 0 Å². The van der Waals surface area contributed by atoms with E-state index in [1.807, 2.05) is 42.5 Å². The highest BCUT2D eigenvalue weighted by molar-refractivity contribution is 9.10. The van der Waals surface area contributed by atoms with Crippen LogP contribution in [0.5, 0.6) is 11.5 Å². The number of para-hydroxylation sites is 1. The number of benzene rings is 2. The molecule has 2 aromatic rings. The second kappa shape index (κ2) is 8.12. The Morgan fingerprint density at radius 2 is 2.12 bits per heavy atom. The van der Waals surface area contributed by atoms with Gasteiger partial charge in [0.2, 0.25) is 0 Å². The number of hydrogen-bond donors (Lipinski definition) is 2. The van der Waals surface area contributed by atoms with Crippen molar-refractivity contribution < 1.29 is 19.4 Å². The van der Waals surface area contributed by atoms with Gasteiger partial charge in [-0.2, -0.15) is 0 Å². The molecule has 0 saturated carbocycles. The largest absolute Gasteiger partial charge is 0.496 e. The molecule has 1 fully saturated rings. The van der Waals surface area contributed by atoms with Crippen LogP contribution >= 0.6 is 27.7 Å². The van der Waals surface area contributed by atoms with Gasteiger partial charge in [-0.05, 0) is 45.8 Å². The van der Waals surface area contributed by atoms with E-state index in [1.165, 1.54) is 0 Å². The Bertz CT molecular complexity index is 770. The quantitative estimate of drug-likeness (QED) is 0.735. The number of methoxy groups -OCH3 is 1. The summed E-state index contributed by atoms with van der Waals surface area (Å²) in [6.07, 6.45) is 0. The number of carboxylic acid groups (broad SMARTS) is 1. The summed E-state index contributed by atoms with van der Waals surface area (Å²) in [7, 11) is 1.62. The van der Waals surface area contributed by atoms with Crippen LogP contribution in [-0.4, -0.2) is 30.0 Å². The van der Waals surface area contributed by atoms with Gasteiger partial charge in [0.25, 0.3) is 0 Å². The molecule has 0 bridgehead atoms. The summed E-state index contributed by atoms with van der Waals surface area (Å²) in [6.45, 7) is 0.360. The van der Waals surface area contributed by atoms with Gasteiger partial charge in [-0.25, -0.2) is 0 Å². The van der Waals surface area contributed by atoms with Crippen molar-refractivity contribution in [1.29, 1.82) is 0 Å². The van der Waals surface area contributed by atoms with Crippen LogP contribution in [0, 0.1) is 0 Å². The Morgan fingerprint density at radius 3 is 2.80 bits per heavy atom. The number of ether oxygens (including phenoxy) is 2.